The fourth-order valence-corrected chi connectivity index (χ4v) is 4.98. The summed E-state index contributed by atoms with van der Waals surface area (Å²) in [5, 5.41) is 12.7. The van der Waals surface area contributed by atoms with Crippen molar-refractivity contribution >= 4 is 23.1 Å². The fourth-order valence-electron chi connectivity index (χ4n) is 4.08. The number of pyridine rings is 1. The normalized spacial score (nSPS) is 15.8. The second kappa shape index (κ2) is 9.88. The minimum atomic E-state index is -0.343. The third-order valence-electron chi connectivity index (χ3n) is 6.34. The Morgan fingerprint density at radius 1 is 1.30 bits per heavy atom. The highest BCUT2D eigenvalue weighted by atomic mass is 32.1. The molecule has 174 valence electrons. The molecule has 10 heteroatoms. The number of aromatic nitrogens is 4. The lowest BCUT2D eigenvalue weighted by atomic mass is 9.66. The fraction of sp³-hybridized carbons (Fsp3) is 0.435. The summed E-state index contributed by atoms with van der Waals surface area (Å²) in [5.74, 6) is 0.0301. The number of amides is 1. The third-order valence-corrected chi connectivity index (χ3v) is 7.35. The van der Waals surface area contributed by atoms with E-state index in [1.54, 1.807) is 25.4 Å². The predicted octanol–water partition coefficient (Wildman–Crippen LogP) is 3.36. The number of nitrogens with one attached hydrogen (secondary N) is 1. The van der Waals surface area contributed by atoms with Crippen molar-refractivity contribution < 1.29 is 9.18 Å². The monoisotopic (exact) mass is 469 g/mol. The molecule has 0 bridgehead atoms. The largest absolute Gasteiger partial charge is 0.368 e. The molecular weight excluding hydrogens is 441 g/mol. The Morgan fingerprint density at radius 3 is 2.73 bits per heavy atom. The van der Waals surface area contributed by atoms with E-state index in [-0.39, 0.29) is 23.2 Å². The molecule has 0 spiro atoms. The number of hydrogen-bond donors (Lipinski definition) is 2. The molecule has 1 saturated carbocycles. The van der Waals surface area contributed by atoms with Crippen LogP contribution in [0.3, 0.4) is 0 Å². The van der Waals surface area contributed by atoms with Crippen molar-refractivity contribution in [3.8, 4) is 10.7 Å². The van der Waals surface area contributed by atoms with Crippen molar-refractivity contribution in [1.82, 2.24) is 25.1 Å². The summed E-state index contributed by atoms with van der Waals surface area (Å²) in [6.07, 6.45) is 6.28. The molecule has 8 nitrogen and oxygen atoms in total. The van der Waals surface area contributed by atoms with Gasteiger partial charge < -0.3 is 11.1 Å². The van der Waals surface area contributed by atoms with Gasteiger partial charge in [0.05, 0.1) is 11.7 Å². The van der Waals surface area contributed by atoms with Gasteiger partial charge in [0.25, 0.3) is 0 Å². The van der Waals surface area contributed by atoms with Crippen LogP contribution in [0.1, 0.15) is 43.7 Å². The second-order valence-corrected chi connectivity index (χ2v) is 9.51. The zero-order chi connectivity index (χ0) is 23.4. The van der Waals surface area contributed by atoms with Gasteiger partial charge in [0.1, 0.15) is 22.3 Å². The number of nitrogens with zero attached hydrogens (tertiary/aromatic N) is 5. The average Bonchev–Trinajstić information content (AvgIpc) is 3.26. The molecule has 3 aromatic heterocycles. The molecule has 1 unspecified atom stereocenters. The zero-order valence-corrected chi connectivity index (χ0v) is 19.6. The SMILES string of the molecule is CCN(Cc1cnc(-c2ccc(NCC3(c4ncccc4F)CCC3)nn2)s1)C(C)C(N)=O. The molecule has 4 rings (SSSR count). The van der Waals surface area contributed by atoms with Gasteiger partial charge in [-0.2, -0.15) is 0 Å². The highest BCUT2D eigenvalue weighted by Gasteiger charge is 2.41. The number of hydrogen-bond acceptors (Lipinski definition) is 8. The van der Waals surface area contributed by atoms with E-state index in [4.69, 9.17) is 5.73 Å². The topological polar surface area (TPSA) is 110 Å². The van der Waals surface area contributed by atoms with Crippen LogP contribution in [-0.4, -0.2) is 50.1 Å². The van der Waals surface area contributed by atoms with E-state index >= 15 is 0 Å². The van der Waals surface area contributed by atoms with Gasteiger partial charge in [0.15, 0.2) is 0 Å². The average molecular weight is 470 g/mol. The Morgan fingerprint density at radius 2 is 2.12 bits per heavy atom. The number of carbonyl (C=O) groups is 1. The zero-order valence-electron chi connectivity index (χ0n) is 18.8. The first-order valence-electron chi connectivity index (χ1n) is 11.1. The van der Waals surface area contributed by atoms with Gasteiger partial charge in [-0.1, -0.05) is 13.3 Å². The number of likely N-dealkylation sites (N-methyl/N-ethyl adjacent to an activating group) is 1. The summed E-state index contributed by atoms with van der Waals surface area (Å²) in [7, 11) is 0. The maximum absolute atomic E-state index is 14.3. The Kier molecular flexibility index (Phi) is 6.94. The lowest BCUT2D eigenvalue weighted by Crippen LogP contribution is -2.42. The molecule has 1 aliphatic carbocycles. The standard InChI is InChI=1S/C23H28FN7OS/c1-3-31(15(2)21(25)32)13-16-12-27-22(33-16)18-7-8-19(30-29-18)28-14-23(9-5-10-23)20-17(24)6-4-11-26-20/h4,6-8,11-12,15H,3,5,9-10,13-14H2,1-2H3,(H2,25,32)(H,28,30). The number of halogens is 1. The summed E-state index contributed by atoms with van der Waals surface area (Å²) in [6, 6.07) is 6.47. The molecule has 0 aliphatic heterocycles. The van der Waals surface area contributed by atoms with Crippen molar-refractivity contribution in [2.75, 3.05) is 18.4 Å². The lowest BCUT2D eigenvalue weighted by Gasteiger charge is -2.41. The van der Waals surface area contributed by atoms with Crippen molar-refractivity contribution in [2.24, 2.45) is 5.73 Å². The molecular formula is C23H28FN7OS. The quantitative estimate of drug-likeness (QED) is 0.468. The second-order valence-electron chi connectivity index (χ2n) is 8.40. The van der Waals surface area contributed by atoms with Crippen LogP contribution in [0.4, 0.5) is 10.2 Å². The van der Waals surface area contributed by atoms with Crippen LogP contribution in [0.2, 0.25) is 0 Å². The van der Waals surface area contributed by atoms with Crippen molar-refractivity contribution in [3.05, 3.63) is 53.0 Å². The number of anilines is 1. The smallest absolute Gasteiger partial charge is 0.234 e. The van der Waals surface area contributed by atoms with Gasteiger partial charge in [-0.3, -0.25) is 14.7 Å². The molecule has 1 atom stereocenters. The first kappa shape index (κ1) is 23.2. The van der Waals surface area contributed by atoms with E-state index in [2.05, 4.69) is 25.5 Å². The van der Waals surface area contributed by atoms with Crippen LogP contribution in [0.15, 0.2) is 36.7 Å². The highest BCUT2D eigenvalue weighted by Crippen LogP contribution is 2.43. The van der Waals surface area contributed by atoms with E-state index in [0.717, 1.165) is 29.1 Å². The van der Waals surface area contributed by atoms with E-state index in [1.165, 1.54) is 17.4 Å². The molecule has 1 amide bonds. The molecule has 0 saturated heterocycles. The van der Waals surface area contributed by atoms with E-state index in [0.29, 0.717) is 36.8 Å². The Bertz CT molecular complexity index is 1100. The van der Waals surface area contributed by atoms with Crippen molar-refractivity contribution in [3.63, 3.8) is 0 Å². The van der Waals surface area contributed by atoms with Crippen LogP contribution in [0, 0.1) is 5.82 Å². The number of thiazole rings is 1. The summed E-state index contributed by atoms with van der Waals surface area (Å²) >= 11 is 1.52. The molecule has 0 radical (unpaired) electrons. The molecule has 3 heterocycles. The summed E-state index contributed by atoms with van der Waals surface area (Å²) in [5.41, 5.74) is 6.34. The third kappa shape index (κ3) is 5.01. The summed E-state index contributed by atoms with van der Waals surface area (Å²) in [4.78, 5) is 23.3. The molecule has 3 N–H and O–H groups in total. The minimum Gasteiger partial charge on any atom is -0.368 e. The summed E-state index contributed by atoms with van der Waals surface area (Å²) < 4.78 is 14.3. The van der Waals surface area contributed by atoms with E-state index in [9.17, 15) is 9.18 Å². The number of rotatable bonds is 10. The Balaban J connectivity index is 1.40. The Hall–Kier alpha value is -2.98. The van der Waals surface area contributed by atoms with Crippen LogP contribution in [-0.2, 0) is 16.8 Å². The van der Waals surface area contributed by atoms with Gasteiger partial charge in [-0.05, 0) is 50.6 Å². The number of nitrogens with two attached hydrogens (primary N) is 1. The maximum Gasteiger partial charge on any atom is 0.234 e. The van der Waals surface area contributed by atoms with Gasteiger partial charge in [-0.15, -0.1) is 21.5 Å². The maximum atomic E-state index is 14.3. The predicted molar refractivity (Wildman–Crippen MR) is 126 cm³/mol. The summed E-state index contributed by atoms with van der Waals surface area (Å²) in [6.45, 7) is 5.66. The van der Waals surface area contributed by atoms with Crippen molar-refractivity contribution in [1.29, 1.82) is 0 Å². The molecule has 1 fully saturated rings. The Labute approximate surface area is 196 Å². The van der Waals surface area contributed by atoms with Crippen molar-refractivity contribution in [2.45, 2.75) is 51.1 Å². The number of carbonyl (C=O) groups excluding carboxylic acids is 1. The van der Waals surface area contributed by atoms with Gasteiger partial charge >= 0.3 is 0 Å². The first-order valence-corrected chi connectivity index (χ1v) is 11.9. The minimum absolute atomic E-state index is 0.258. The van der Waals surface area contributed by atoms with Crippen LogP contribution in [0.5, 0.6) is 0 Å². The van der Waals surface area contributed by atoms with E-state index in [1.807, 2.05) is 24.0 Å². The molecule has 1 aliphatic rings. The van der Waals surface area contributed by atoms with Gasteiger partial charge in [0.2, 0.25) is 5.91 Å². The highest BCUT2D eigenvalue weighted by molar-refractivity contribution is 7.14. The number of primary amides is 1. The first-order chi connectivity index (χ1) is 15.9. The van der Waals surface area contributed by atoms with Crippen LogP contribution >= 0.6 is 11.3 Å². The molecule has 33 heavy (non-hydrogen) atoms. The lowest BCUT2D eigenvalue weighted by molar-refractivity contribution is -0.122. The van der Waals surface area contributed by atoms with Gasteiger partial charge in [-0.25, -0.2) is 9.37 Å². The van der Waals surface area contributed by atoms with Crippen LogP contribution < -0.4 is 11.1 Å². The van der Waals surface area contributed by atoms with E-state index < -0.39 is 0 Å². The molecule has 0 aromatic carbocycles. The molecule has 3 aromatic rings. The van der Waals surface area contributed by atoms with Gasteiger partial charge in [0, 0.05) is 35.8 Å². The van der Waals surface area contributed by atoms with Crippen LogP contribution in [0.25, 0.3) is 10.7 Å².